The molecule has 50 valence electrons. The van der Waals surface area contributed by atoms with E-state index in [0.717, 1.165) is 6.08 Å². The molecule has 1 amide bonds. The van der Waals surface area contributed by atoms with Crippen LogP contribution >= 0.6 is 0 Å². The van der Waals surface area contributed by atoms with Gasteiger partial charge in [0.1, 0.15) is 0 Å². The summed E-state index contributed by atoms with van der Waals surface area (Å²) in [5.41, 5.74) is 4.67. The van der Waals surface area contributed by atoms with Crippen molar-refractivity contribution in [2.24, 2.45) is 5.73 Å². The molecule has 9 heavy (non-hydrogen) atoms. The molecule has 2 N–H and O–H groups in total. The van der Waals surface area contributed by atoms with Crippen LogP contribution in [0, 0.1) is 10.1 Å². The maximum Gasteiger partial charge on any atom is 0.230 e. The fourth-order valence-electron chi connectivity index (χ4n) is 0.255. The molecule has 0 rings (SSSR count). The van der Waals surface area contributed by atoms with Crippen LogP contribution in [-0.4, -0.2) is 10.8 Å². The van der Waals surface area contributed by atoms with Gasteiger partial charge in [0.2, 0.25) is 12.1 Å². The highest BCUT2D eigenvalue weighted by molar-refractivity contribution is 5.75. The summed E-state index contributed by atoms with van der Waals surface area (Å²) >= 11 is 0. The van der Waals surface area contributed by atoms with Crippen LogP contribution in [0.1, 0.15) is 6.42 Å². The van der Waals surface area contributed by atoms with Gasteiger partial charge in [-0.1, -0.05) is 0 Å². The van der Waals surface area contributed by atoms with Crippen molar-refractivity contribution in [1.29, 1.82) is 0 Å². The van der Waals surface area contributed by atoms with Crippen LogP contribution in [0.5, 0.6) is 0 Å². The van der Waals surface area contributed by atoms with E-state index in [2.05, 4.69) is 5.73 Å². The Kier molecular flexibility index (Phi) is 3.04. The van der Waals surface area contributed by atoms with E-state index in [-0.39, 0.29) is 6.42 Å². The van der Waals surface area contributed by atoms with Crippen LogP contribution in [0.25, 0.3) is 0 Å². The maximum atomic E-state index is 9.93. The van der Waals surface area contributed by atoms with Crippen LogP contribution in [-0.2, 0) is 4.79 Å². The van der Waals surface area contributed by atoms with Crippen molar-refractivity contribution in [2.45, 2.75) is 6.42 Å². The molecule has 0 bridgehead atoms. The fraction of sp³-hybridized carbons (Fsp3) is 0.250. The van der Waals surface area contributed by atoms with Gasteiger partial charge in [-0.2, -0.15) is 0 Å². The molecule has 0 aromatic heterocycles. The van der Waals surface area contributed by atoms with E-state index in [1.165, 1.54) is 0 Å². The molecule has 0 aliphatic rings. The Hall–Kier alpha value is -1.39. The number of hydrogen-bond donors (Lipinski definition) is 1. The first-order valence-corrected chi connectivity index (χ1v) is 2.21. The number of hydrogen-bond acceptors (Lipinski definition) is 3. The molecule has 0 aromatic rings. The SMILES string of the molecule is NC(=O)C/C=C/[N+](=O)[O-]. The first-order chi connectivity index (χ1) is 4.13. The molecule has 5 heteroatoms. The number of primary amides is 1. The molecule has 0 aromatic carbocycles. The molecule has 0 saturated heterocycles. The summed E-state index contributed by atoms with van der Waals surface area (Å²) in [4.78, 5) is 18.8. The van der Waals surface area contributed by atoms with Crippen molar-refractivity contribution in [3.8, 4) is 0 Å². The lowest BCUT2D eigenvalue weighted by Gasteiger charge is -1.79. The quantitative estimate of drug-likeness (QED) is 0.418. The summed E-state index contributed by atoms with van der Waals surface area (Å²) in [5.74, 6) is -0.576. The van der Waals surface area contributed by atoms with Crippen molar-refractivity contribution in [3.05, 3.63) is 22.4 Å². The van der Waals surface area contributed by atoms with E-state index in [9.17, 15) is 14.9 Å². The van der Waals surface area contributed by atoms with Crippen LogP contribution in [0.3, 0.4) is 0 Å². The number of nitrogens with zero attached hydrogens (tertiary/aromatic N) is 1. The van der Waals surface area contributed by atoms with Crippen LogP contribution < -0.4 is 5.73 Å². The van der Waals surface area contributed by atoms with E-state index in [1.54, 1.807) is 0 Å². The average molecular weight is 130 g/mol. The monoisotopic (exact) mass is 130 g/mol. The summed E-state index contributed by atoms with van der Waals surface area (Å²) in [6, 6.07) is 0. The van der Waals surface area contributed by atoms with Crippen LogP contribution in [0.15, 0.2) is 12.3 Å². The van der Waals surface area contributed by atoms with Crippen molar-refractivity contribution in [2.75, 3.05) is 0 Å². The highest BCUT2D eigenvalue weighted by atomic mass is 16.6. The zero-order chi connectivity index (χ0) is 7.28. The van der Waals surface area contributed by atoms with E-state index in [4.69, 9.17) is 0 Å². The highest BCUT2D eigenvalue weighted by Gasteiger charge is 1.89. The smallest absolute Gasteiger partial charge is 0.230 e. The molecule has 0 aliphatic carbocycles. The van der Waals surface area contributed by atoms with Crippen molar-refractivity contribution < 1.29 is 9.72 Å². The van der Waals surface area contributed by atoms with Gasteiger partial charge in [0.25, 0.3) is 0 Å². The second-order valence-electron chi connectivity index (χ2n) is 1.34. The molecular weight excluding hydrogens is 124 g/mol. The third kappa shape index (κ3) is 6.61. The van der Waals surface area contributed by atoms with Crippen LogP contribution in [0.4, 0.5) is 0 Å². The zero-order valence-corrected chi connectivity index (χ0v) is 4.61. The van der Waals surface area contributed by atoms with Gasteiger partial charge in [0.05, 0.1) is 11.3 Å². The molecule has 0 radical (unpaired) electrons. The lowest BCUT2D eigenvalue weighted by Crippen LogP contribution is -2.08. The Bertz CT molecular complexity index is 152. The minimum absolute atomic E-state index is 0.0824. The minimum Gasteiger partial charge on any atom is -0.369 e. The Balaban J connectivity index is 3.48. The molecule has 0 fully saturated rings. The van der Waals surface area contributed by atoms with Gasteiger partial charge in [-0.3, -0.25) is 14.9 Å². The summed E-state index contributed by atoms with van der Waals surface area (Å²) in [6.45, 7) is 0. The molecule has 0 atom stereocenters. The van der Waals surface area contributed by atoms with Gasteiger partial charge in [0, 0.05) is 0 Å². The third-order valence-corrected chi connectivity index (χ3v) is 0.546. The standard InChI is InChI=1S/C4H6N2O3/c5-4(7)2-1-3-6(8)9/h1,3H,2H2,(H2,5,7)/b3-1+. The lowest BCUT2D eigenvalue weighted by molar-refractivity contribution is -0.402. The Morgan fingerprint density at radius 2 is 2.33 bits per heavy atom. The topological polar surface area (TPSA) is 86.2 Å². The van der Waals surface area contributed by atoms with Gasteiger partial charge in [0.15, 0.2) is 0 Å². The van der Waals surface area contributed by atoms with E-state index >= 15 is 0 Å². The number of carbonyl (C=O) groups is 1. The van der Waals surface area contributed by atoms with Gasteiger partial charge in [-0.05, 0) is 6.08 Å². The second kappa shape index (κ2) is 3.59. The van der Waals surface area contributed by atoms with Crippen molar-refractivity contribution >= 4 is 5.91 Å². The zero-order valence-electron chi connectivity index (χ0n) is 4.61. The number of rotatable bonds is 3. The number of nitrogens with two attached hydrogens (primary N) is 1. The molecular formula is C4H6N2O3. The fourth-order valence-corrected chi connectivity index (χ4v) is 0.255. The summed E-state index contributed by atoms with van der Waals surface area (Å²) < 4.78 is 0. The first kappa shape index (κ1) is 7.61. The summed E-state index contributed by atoms with van der Waals surface area (Å²) in [7, 11) is 0. The number of carbonyl (C=O) groups excluding carboxylic acids is 1. The molecule has 0 unspecified atom stereocenters. The number of nitro groups is 1. The first-order valence-electron chi connectivity index (χ1n) is 2.21. The third-order valence-electron chi connectivity index (χ3n) is 0.546. The predicted octanol–water partition coefficient (Wildman–Crippen LogP) is -0.348. The number of amides is 1. The van der Waals surface area contributed by atoms with Gasteiger partial charge < -0.3 is 5.73 Å². The lowest BCUT2D eigenvalue weighted by atomic mass is 10.4. The molecule has 0 spiro atoms. The van der Waals surface area contributed by atoms with Crippen LogP contribution in [0.2, 0.25) is 0 Å². The average Bonchev–Trinajstić information content (AvgIpc) is 1.63. The highest BCUT2D eigenvalue weighted by Crippen LogP contribution is 1.79. The van der Waals surface area contributed by atoms with Crippen molar-refractivity contribution in [3.63, 3.8) is 0 Å². The summed E-state index contributed by atoms with van der Waals surface area (Å²) in [5, 5.41) is 9.55. The van der Waals surface area contributed by atoms with E-state index in [1.807, 2.05) is 0 Å². The molecule has 5 nitrogen and oxygen atoms in total. The Morgan fingerprint density at radius 3 is 2.67 bits per heavy atom. The van der Waals surface area contributed by atoms with E-state index in [0.29, 0.717) is 6.20 Å². The normalized spacial score (nSPS) is 9.78. The molecule has 0 aliphatic heterocycles. The largest absolute Gasteiger partial charge is 0.369 e. The van der Waals surface area contributed by atoms with E-state index < -0.39 is 10.8 Å². The summed E-state index contributed by atoms with van der Waals surface area (Å²) in [6.07, 6.45) is 1.70. The Morgan fingerprint density at radius 1 is 1.78 bits per heavy atom. The van der Waals surface area contributed by atoms with Gasteiger partial charge in [-0.15, -0.1) is 0 Å². The van der Waals surface area contributed by atoms with Gasteiger partial charge in [-0.25, -0.2) is 0 Å². The molecule has 0 saturated carbocycles. The van der Waals surface area contributed by atoms with Crippen molar-refractivity contribution in [1.82, 2.24) is 0 Å². The van der Waals surface area contributed by atoms with Gasteiger partial charge >= 0.3 is 0 Å². The predicted molar refractivity (Wildman–Crippen MR) is 29.9 cm³/mol. The Labute approximate surface area is 51.3 Å². The maximum absolute atomic E-state index is 9.93. The second-order valence-corrected chi connectivity index (χ2v) is 1.34. The molecule has 0 heterocycles. The minimum atomic E-state index is -0.650.